The molecule has 1 aromatic carbocycles. The van der Waals surface area contributed by atoms with Gasteiger partial charge in [0.1, 0.15) is 6.33 Å². The van der Waals surface area contributed by atoms with Gasteiger partial charge in [0, 0.05) is 31.2 Å². The molecule has 1 saturated carbocycles. The lowest BCUT2D eigenvalue weighted by molar-refractivity contribution is -0.106. The first-order valence-electron chi connectivity index (χ1n) is 10.5. The largest absolute Gasteiger partial charge is 0.493 e. The van der Waals surface area contributed by atoms with Gasteiger partial charge in [-0.15, -0.1) is 0 Å². The number of aromatic nitrogens is 6. The third-order valence-corrected chi connectivity index (χ3v) is 5.82. The van der Waals surface area contributed by atoms with Crippen molar-refractivity contribution in [2.24, 2.45) is 0 Å². The van der Waals surface area contributed by atoms with Gasteiger partial charge in [-0.3, -0.25) is 0 Å². The molecule has 178 valence electrons. The third kappa shape index (κ3) is 3.74. The molecular weight excluding hydrogens is 448 g/mol. The number of hydrogen-bond donors (Lipinski definition) is 1. The highest BCUT2D eigenvalue weighted by molar-refractivity contribution is 5.78. The van der Waals surface area contributed by atoms with Crippen LogP contribution in [0, 0.1) is 6.92 Å². The van der Waals surface area contributed by atoms with E-state index >= 15 is 0 Å². The van der Waals surface area contributed by atoms with E-state index in [0.29, 0.717) is 34.4 Å². The molecule has 34 heavy (non-hydrogen) atoms. The van der Waals surface area contributed by atoms with E-state index in [2.05, 4.69) is 25.4 Å². The van der Waals surface area contributed by atoms with Crippen LogP contribution in [0.1, 0.15) is 24.6 Å². The Bertz CT molecular complexity index is 1340. The lowest BCUT2D eigenvalue weighted by Gasteiger charge is -2.34. The Balaban J connectivity index is 1.42. The Morgan fingerprint density at radius 2 is 1.76 bits per heavy atom. The summed E-state index contributed by atoms with van der Waals surface area (Å²) in [5.74, 6) is -0.353. The molecule has 10 nitrogen and oxygen atoms in total. The van der Waals surface area contributed by atoms with Crippen molar-refractivity contribution in [2.45, 2.75) is 31.7 Å². The molecule has 1 fully saturated rings. The zero-order valence-corrected chi connectivity index (χ0v) is 19.0. The van der Waals surface area contributed by atoms with Crippen molar-refractivity contribution < 1.29 is 23.0 Å². The maximum absolute atomic E-state index is 13.4. The summed E-state index contributed by atoms with van der Waals surface area (Å²) in [6.45, 7) is 1.81. The molecule has 0 bridgehead atoms. The summed E-state index contributed by atoms with van der Waals surface area (Å²) in [7, 11) is 4.64. The molecule has 12 heteroatoms. The lowest BCUT2D eigenvalue weighted by atomic mass is 9.88. The van der Waals surface area contributed by atoms with Crippen LogP contribution in [0.4, 0.5) is 20.5 Å². The standard InChI is InChI=1S/C22H23F2N7O3/c1-12-15-9-25-21(28-20(15)31(29-12)14-7-22(23,24)8-14)27-18-10-30(11-26-18)13-5-16(32-2)19(34-4)17(6-13)33-3/h5-6,9-11,14H,7-8H2,1-4H3,(H,25,27,28). The Labute approximate surface area is 193 Å². The van der Waals surface area contributed by atoms with Gasteiger partial charge in [-0.05, 0) is 6.92 Å². The number of nitrogens with one attached hydrogen (secondary N) is 1. The summed E-state index contributed by atoms with van der Waals surface area (Å²) >= 11 is 0. The van der Waals surface area contributed by atoms with E-state index in [4.69, 9.17) is 14.2 Å². The van der Waals surface area contributed by atoms with Gasteiger partial charge in [0.2, 0.25) is 11.7 Å². The first kappa shape index (κ1) is 21.9. The van der Waals surface area contributed by atoms with Gasteiger partial charge in [0.05, 0.1) is 50.3 Å². The molecule has 3 aromatic heterocycles. The highest BCUT2D eigenvalue weighted by Crippen LogP contribution is 2.46. The van der Waals surface area contributed by atoms with Gasteiger partial charge in [0.25, 0.3) is 5.92 Å². The number of benzene rings is 1. The van der Waals surface area contributed by atoms with Crippen LogP contribution in [0.3, 0.4) is 0 Å². The fourth-order valence-corrected chi connectivity index (χ4v) is 4.04. The predicted octanol–water partition coefficient (Wildman–Crippen LogP) is 4.06. The van der Waals surface area contributed by atoms with E-state index in [0.717, 1.165) is 11.1 Å². The van der Waals surface area contributed by atoms with E-state index in [1.807, 2.05) is 6.92 Å². The lowest BCUT2D eigenvalue weighted by Crippen LogP contribution is -2.37. The number of fused-ring (bicyclic) bond motifs is 1. The highest BCUT2D eigenvalue weighted by Gasteiger charge is 2.47. The number of alkyl halides is 2. The van der Waals surface area contributed by atoms with Crippen molar-refractivity contribution in [3.8, 4) is 22.9 Å². The van der Waals surface area contributed by atoms with Crippen LogP contribution in [-0.4, -0.2) is 56.6 Å². The van der Waals surface area contributed by atoms with Crippen molar-refractivity contribution in [3.05, 3.63) is 36.5 Å². The fraction of sp³-hybridized carbons (Fsp3) is 0.364. The minimum absolute atomic E-state index is 0.241. The van der Waals surface area contributed by atoms with Crippen LogP contribution in [0.5, 0.6) is 17.2 Å². The van der Waals surface area contributed by atoms with E-state index in [1.165, 1.54) is 0 Å². The van der Waals surface area contributed by atoms with Crippen LogP contribution < -0.4 is 19.5 Å². The number of anilines is 2. The normalized spacial score (nSPS) is 15.2. The van der Waals surface area contributed by atoms with Gasteiger partial charge in [-0.25, -0.2) is 23.4 Å². The van der Waals surface area contributed by atoms with E-state index in [9.17, 15) is 8.78 Å². The van der Waals surface area contributed by atoms with Crippen molar-refractivity contribution in [3.63, 3.8) is 0 Å². The van der Waals surface area contributed by atoms with Crippen molar-refractivity contribution in [2.75, 3.05) is 26.6 Å². The molecule has 1 aliphatic carbocycles. The Kier molecular flexibility index (Phi) is 5.22. The van der Waals surface area contributed by atoms with Crippen LogP contribution in [-0.2, 0) is 0 Å². The van der Waals surface area contributed by atoms with Crippen LogP contribution in [0.15, 0.2) is 30.9 Å². The number of methoxy groups -OCH3 is 3. The number of nitrogens with zero attached hydrogens (tertiary/aromatic N) is 6. The summed E-state index contributed by atoms with van der Waals surface area (Å²) < 4.78 is 46.4. The molecule has 4 aromatic rings. The quantitative estimate of drug-likeness (QED) is 0.431. The topological polar surface area (TPSA) is 101 Å². The second kappa shape index (κ2) is 8.12. The molecule has 0 radical (unpaired) electrons. The SMILES string of the molecule is COc1cc(-n2cnc(Nc3ncc4c(C)nn(C5CC(F)(F)C5)c4n3)c2)cc(OC)c1OC. The van der Waals surface area contributed by atoms with Gasteiger partial charge in [0.15, 0.2) is 23.0 Å². The average molecular weight is 471 g/mol. The number of hydrogen-bond acceptors (Lipinski definition) is 8. The summed E-state index contributed by atoms with van der Waals surface area (Å²) in [4.78, 5) is 13.2. The van der Waals surface area contributed by atoms with Crippen LogP contribution in [0.25, 0.3) is 16.7 Å². The Hall–Kier alpha value is -3.96. The monoisotopic (exact) mass is 471 g/mol. The van der Waals surface area contributed by atoms with E-state index in [-0.39, 0.29) is 24.8 Å². The second-order valence-electron chi connectivity index (χ2n) is 8.05. The van der Waals surface area contributed by atoms with Crippen LogP contribution >= 0.6 is 0 Å². The van der Waals surface area contributed by atoms with Crippen molar-refractivity contribution >= 4 is 22.8 Å². The Morgan fingerprint density at radius 1 is 1.06 bits per heavy atom. The number of imidazole rings is 1. The van der Waals surface area contributed by atoms with Gasteiger partial charge < -0.3 is 24.1 Å². The number of halogens is 2. The molecule has 0 amide bonds. The average Bonchev–Trinajstić information content (AvgIpc) is 3.40. The third-order valence-electron chi connectivity index (χ3n) is 5.82. The predicted molar refractivity (Wildman–Crippen MR) is 120 cm³/mol. The summed E-state index contributed by atoms with van der Waals surface area (Å²) in [5.41, 5.74) is 1.95. The molecule has 0 spiro atoms. The van der Waals surface area contributed by atoms with Gasteiger partial charge >= 0.3 is 0 Å². The minimum Gasteiger partial charge on any atom is -0.493 e. The van der Waals surface area contributed by atoms with Gasteiger partial charge in [-0.1, -0.05) is 0 Å². The highest BCUT2D eigenvalue weighted by atomic mass is 19.3. The zero-order chi connectivity index (χ0) is 24.0. The van der Waals surface area contributed by atoms with E-state index in [1.54, 1.807) is 61.4 Å². The maximum atomic E-state index is 13.4. The molecule has 3 heterocycles. The van der Waals surface area contributed by atoms with Crippen molar-refractivity contribution in [1.29, 1.82) is 0 Å². The first-order valence-corrected chi connectivity index (χ1v) is 10.5. The number of aryl methyl sites for hydroxylation is 1. The molecule has 0 atom stereocenters. The first-order chi connectivity index (χ1) is 16.3. The van der Waals surface area contributed by atoms with Gasteiger partial charge in [-0.2, -0.15) is 10.1 Å². The number of ether oxygens (including phenoxy) is 3. The molecule has 0 aliphatic heterocycles. The maximum Gasteiger partial charge on any atom is 0.252 e. The Morgan fingerprint density at radius 3 is 2.38 bits per heavy atom. The molecule has 0 saturated heterocycles. The zero-order valence-electron chi connectivity index (χ0n) is 19.0. The van der Waals surface area contributed by atoms with Crippen molar-refractivity contribution in [1.82, 2.24) is 29.3 Å². The fourth-order valence-electron chi connectivity index (χ4n) is 4.04. The molecule has 5 rings (SSSR count). The second-order valence-corrected chi connectivity index (χ2v) is 8.05. The minimum atomic E-state index is -2.65. The molecule has 0 unspecified atom stereocenters. The number of rotatable bonds is 7. The van der Waals surface area contributed by atoms with E-state index < -0.39 is 5.92 Å². The summed E-state index contributed by atoms with van der Waals surface area (Å²) in [6, 6.07) is 3.21. The smallest absolute Gasteiger partial charge is 0.252 e. The molecular formula is C22H23F2N7O3. The molecule has 1 aliphatic rings. The summed E-state index contributed by atoms with van der Waals surface area (Å²) in [5, 5.41) is 8.20. The molecule has 1 N–H and O–H groups in total. The summed E-state index contributed by atoms with van der Waals surface area (Å²) in [6.07, 6.45) is 4.52. The van der Waals surface area contributed by atoms with Crippen LogP contribution in [0.2, 0.25) is 0 Å².